The molecule has 0 atom stereocenters. The Bertz CT molecular complexity index is 259. The van der Waals surface area contributed by atoms with E-state index in [1.54, 1.807) is 0 Å². The molecule has 0 fully saturated rings. The van der Waals surface area contributed by atoms with Gasteiger partial charge in [-0.05, 0) is 18.9 Å². The number of allylic oxidation sites excluding steroid dienone is 1. The van der Waals surface area contributed by atoms with Crippen molar-refractivity contribution in [3.05, 3.63) is 47.4 Å². The van der Waals surface area contributed by atoms with E-state index in [-0.39, 0.29) is 0 Å². The van der Waals surface area contributed by atoms with Gasteiger partial charge in [-0.3, -0.25) is 0 Å². The minimum Gasteiger partial charge on any atom is -0.109 e. The highest BCUT2D eigenvalue weighted by molar-refractivity contribution is 6.43. The molecule has 0 aliphatic heterocycles. The molecule has 1 heteroatoms. The molecular formula is C11H15B. The van der Waals surface area contributed by atoms with Gasteiger partial charge in [-0.25, -0.2) is 0 Å². The van der Waals surface area contributed by atoms with E-state index < -0.39 is 0 Å². The van der Waals surface area contributed by atoms with Crippen LogP contribution in [0.5, 0.6) is 0 Å². The average molecular weight is 158 g/mol. The van der Waals surface area contributed by atoms with Gasteiger partial charge in [0.05, 0.1) is 0 Å². The summed E-state index contributed by atoms with van der Waals surface area (Å²) >= 11 is 0. The number of aryl methyl sites for hydroxylation is 1. The Morgan fingerprint density at radius 1 is 1.33 bits per heavy atom. The largest absolute Gasteiger partial charge is 0.148 e. The van der Waals surface area contributed by atoms with Crippen LogP contribution >= 0.6 is 0 Å². The van der Waals surface area contributed by atoms with Crippen molar-refractivity contribution in [2.45, 2.75) is 20.2 Å². The Morgan fingerprint density at radius 2 is 1.92 bits per heavy atom. The lowest BCUT2D eigenvalue weighted by atomic mass is 9.71. The summed E-state index contributed by atoms with van der Waals surface area (Å²) in [6, 6.07) is 8.66. The van der Waals surface area contributed by atoms with Crippen LogP contribution < -0.4 is 0 Å². The molecule has 1 aromatic carbocycles. The molecule has 0 radical (unpaired) electrons. The lowest BCUT2D eigenvalue weighted by molar-refractivity contribution is 1.23. The summed E-state index contributed by atoms with van der Waals surface area (Å²) in [7, 11) is 1.08. The Balaban J connectivity index is 2.64. The zero-order chi connectivity index (χ0) is 8.97. The summed E-state index contributed by atoms with van der Waals surface area (Å²) in [6.45, 7) is 8.25. The van der Waals surface area contributed by atoms with Gasteiger partial charge in [0.15, 0.2) is 0 Å². The maximum absolute atomic E-state index is 3.99. The van der Waals surface area contributed by atoms with Crippen LogP contribution in [0.25, 0.3) is 0 Å². The maximum atomic E-state index is 3.99. The molecule has 0 heterocycles. The first kappa shape index (κ1) is 9.12. The predicted molar refractivity (Wildman–Crippen MR) is 57.0 cm³/mol. The van der Waals surface area contributed by atoms with Crippen LogP contribution in [0.3, 0.4) is 0 Å². The molecule has 0 N–H and O–H groups in total. The molecule has 0 aromatic heterocycles. The Labute approximate surface area is 75.6 Å². The maximum Gasteiger partial charge on any atom is 0.148 e. The third kappa shape index (κ3) is 2.57. The summed E-state index contributed by atoms with van der Waals surface area (Å²) in [4.78, 5) is 0. The Kier molecular flexibility index (Phi) is 3.15. The third-order valence-electron chi connectivity index (χ3n) is 2.07. The monoisotopic (exact) mass is 158 g/mol. The topological polar surface area (TPSA) is 0 Å². The summed E-state index contributed by atoms with van der Waals surface area (Å²) in [5.41, 5.74) is 3.99. The second-order valence-corrected chi connectivity index (χ2v) is 3.27. The van der Waals surface area contributed by atoms with Crippen LogP contribution in [0.1, 0.15) is 11.1 Å². The Hall–Kier alpha value is -0.975. The molecule has 0 saturated heterocycles. The van der Waals surface area contributed by atoms with Crippen LogP contribution in [0.2, 0.25) is 6.82 Å². The molecule has 12 heavy (non-hydrogen) atoms. The van der Waals surface area contributed by atoms with Gasteiger partial charge in [0, 0.05) is 0 Å². The molecule has 1 rings (SSSR count). The van der Waals surface area contributed by atoms with Crippen LogP contribution in [0, 0.1) is 6.92 Å². The van der Waals surface area contributed by atoms with Gasteiger partial charge in [0.25, 0.3) is 0 Å². The van der Waals surface area contributed by atoms with Crippen molar-refractivity contribution in [3.8, 4) is 0 Å². The molecule has 0 aliphatic rings. The van der Waals surface area contributed by atoms with Crippen molar-refractivity contribution < 1.29 is 0 Å². The van der Waals surface area contributed by atoms with E-state index >= 15 is 0 Å². The van der Waals surface area contributed by atoms with Crippen molar-refractivity contribution in [2.75, 3.05) is 0 Å². The van der Waals surface area contributed by atoms with Crippen LogP contribution in [0.15, 0.2) is 36.3 Å². The molecule has 0 saturated carbocycles. The third-order valence-corrected chi connectivity index (χ3v) is 2.07. The van der Waals surface area contributed by atoms with E-state index in [4.69, 9.17) is 0 Å². The first-order chi connectivity index (χ1) is 5.72. The fraction of sp³-hybridized carbons (Fsp3) is 0.273. The summed E-state index contributed by atoms with van der Waals surface area (Å²) < 4.78 is 0. The molecule has 0 unspecified atom stereocenters. The minimum absolute atomic E-state index is 1.02. The number of hydrogen-bond donors (Lipinski definition) is 0. The SMILES string of the molecule is C=C(BC)Cc1ccc(C)cc1. The van der Waals surface area contributed by atoms with E-state index in [0.29, 0.717) is 0 Å². The molecule has 0 nitrogen and oxygen atoms in total. The summed E-state index contributed by atoms with van der Waals surface area (Å²) in [5, 5.41) is 0. The number of benzene rings is 1. The average Bonchev–Trinajstić information content (AvgIpc) is 2.09. The molecule has 62 valence electrons. The van der Waals surface area contributed by atoms with E-state index in [0.717, 1.165) is 13.7 Å². The molecule has 1 aromatic rings. The lowest BCUT2D eigenvalue weighted by Crippen LogP contribution is -1.94. The van der Waals surface area contributed by atoms with Crippen molar-refractivity contribution in [1.29, 1.82) is 0 Å². The Morgan fingerprint density at radius 3 is 2.42 bits per heavy atom. The van der Waals surface area contributed by atoms with E-state index in [1.165, 1.54) is 16.6 Å². The first-order valence-electron chi connectivity index (χ1n) is 4.44. The van der Waals surface area contributed by atoms with Crippen molar-refractivity contribution in [3.63, 3.8) is 0 Å². The molecule has 0 aliphatic carbocycles. The van der Waals surface area contributed by atoms with Gasteiger partial charge < -0.3 is 0 Å². The van der Waals surface area contributed by atoms with Crippen molar-refractivity contribution in [2.24, 2.45) is 0 Å². The molecule has 0 bridgehead atoms. The standard InChI is InChI=1S/C11H15B/c1-9-4-6-11(7-5-9)8-10(2)12-3/h4-7,12H,2,8H2,1,3H3. The molecule has 0 spiro atoms. The highest BCUT2D eigenvalue weighted by Crippen LogP contribution is 2.07. The molecule has 0 amide bonds. The summed E-state index contributed by atoms with van der Waals surface area (Å²) in [5.74, 6) is 0. The van der Waals surface area contributed by atoms with Crippen LogP contribution in [-0.4, -0.2) is 7.28 Å². The van der Waals surface area contributed by atoms with Gasteiger partial charge in [-0.2, -0.15) is 0 Å². The summed E-state index contributed by atoms with van der Waals surface area (Å²) in [6.07, 6.45) is 1.02. The van der Waals surface area contributed by atoms with Gasteiger partial charge in [-0.15, -0.1) is 12.1 Å². The highest BCUT2D eigenvalue weighted by atomic mass is 13.9. The van der Waals surface area contributed by atoms with Gasteiger partial charge in [-0.1, -0.05) is 36.7 Å². The van der Waals surface area contributed by atoms with Gasteiger partial charge >= 0.3 is 0 Å². The number of hydrogen-bond acceptors (Lipinski definition) is 0. The van der Waals surface area contributed by atoms with Crippen LogP contribution in [0.4, 0.5) is 0 Å². The number of rotatable bonds is 3. The molecular weight excluding hydrogens is 143 g/mol. The van der Waals surface area contributed by atoms with E-state index in [9.17, 15) is 0 Å². The van der Waals surface area contributed by atoms with Gasteiger partial charge in [0.1, 0.15) is 7.28 Å². The first-order valence-corrected chi connectivity index (χ1v) is 4.44. The van der Waals surface area contributed by atoms with E-state index in [1.807, 2.05) is 0 Å². The van der Waals surface area contributed by atoms with Gasteiger partial charge in [0.2, 0.25) is 0 Å². The second-order valence-electron chi connectivity index (χ2n) is 3.27. The zero-order valence-corrected chi connectivity index (χ0v) is 7.93. The fourth-order valence-electron chi connectivity index (χ4n) is 1.12. The second kappa shape index (κ2) is 4.15. The predicted octanol–water partition coefficient (Wildman–Crippen LogP) is 2.54. The highest BCUT2D eigenvalue weighted by Gasteiger charge is 1.94. The van der Waals surface area contributed by atoms with Crippen molar-refractivity contribution in [1.82, 2.24) is 0 Å². The fourth-order valence-corrected chi connectivity index (χ4v) is 1.12. The minimum atomic E-state index is 1.02. The normalized spacial score (nSPS) is 9.50. The van der Waals surface area contributed by atoms with Crippen LogP contribution in [-0.2, 0) is 6.42 Å². The van der Waals surface area contributed by atoms with Crippen molar-refractivity contribution >= 4 is 7.28 Å². The smallest absolute Gasteiger partial charge is 0.109 e. The van der Waals surface area contributed by atoms with E-state index in [2.05, 4.69) is 44.6 Å². The zero-order valence-electron chi connectivity index (χ0n) is 7.93. The lowest BCUT2D eigenvalue weighted by Gasteiger charge is -2.02. The quantitative estimate of drug-likeness (QED) is 0.593.